The summed E-state index contributed by atoms with van der Waals surface area (Å²) in [5.74, 6) is -0.633. The number of carbonyl (C=O) groups excluding carboxylic acids is 1. The van der Waals surface area contributed by atoms with Crippen molar-refractivity contribution in [1.29, 1.82) is 0 Å². The molecule has 0 amide bonds. The fraction of sp³-hybridized carbons (Fsp3) is 0.762. The second-order valence-corrected chi connectivity index (χ2v) is 6.66. The molecule has 2 unspecified atom stereocenters. The van der Waals surface area contributed by atoms with Crippen LogP contribution in [0.3, 0.4) is 0 Å². The molecule has 2 N–H and O–H groups in total. The number of esters is 1. The highest BCUT2D eigenvalue weighted by atomic mass is 16.6. The van der Waals surface area contributed by atoms with Crippen LogP contribution in [0, 0.1) is 0 Å². The molecule has 0 fully saturated rings. The van der Waals surface area contributed by atoms with E-state index >= 15 is 0 Å². The average molecular weight is 355 g/mol. The van der Waals surface area contributed by atoms with Gasteiger partial charge in [-0.3, -0.25) is 0 Å². The first kappa shape index (κ1) is 23.9. The Morgan fingerprint density at radius 2 is 1.52 bits per heavy atom. The van der Waals surface area contributed by atoms with Crippen LogP contribution in [0.25, 0.3) is 0 Å². The van der Waals surface area contributed by atoms with Crippen LogP contribution in [0.4, 0.5) is 0 Å². The molecule has 4 nitrogen and oxygen atoms in total. The number of hydrogen-bond acceptors (Lipinski definition) is 4. The maximum Gasteiger partial charge on any atom is 0.335 e. The van der Waals surface area contributed by atoms with E-state index in [-0.39, 0.29) is 6.61 Å². The summed E-state index contributed by atoms with van der Waals surface area (Å²) >= 11 is 0. The summed E-state index contributed by atoms with van der Waals surface area (Å²) in [6, 6.07) is 0. The van der Waals surface area contributed by atoms with Gasteiger partial charge in [0.2, 0.25) is 0 Å². The molecule has 0 aromatic heterocycles. The van der Waals surface area contributed by atoms with Crippen LogP contribution in [0.5, 0.6) is 0 Å². The molecule has 0 saturated carbocycles. The number of carbonyl (C=O) groups is 1. The summed E-state index contributed by atoms with van der Waals surface area (Å²) in [5.41, 5.74) is 0. The van der Waals surface area contributed by atoms with E-state index in [4.69, 9.17) is 9.84 Å². The molecule has 0 radical (unpaired) electrons. The van der Waals surface area contributed by atoms with Crippen LogP contribution in [0.15, 0.2) is 24.3 Å². The highest BCUT2D eigenvalue weighted by Crippen LogP contribution is 2.09. The Morgan fingerprint density at radius 3 is 2.12 bits per heavy atom. The minimum absolute atomic E-state index is 0.0594. The maximum atomic E-state index is 11.4. The first-order chi connectivity index (χ1) is 12.1. The largest absolute Gasteiger partial charge is 0.461 e. The Labute approximate surface area is 154 Å². The quantitative estimate of drug-likeness (QED) is 0.240. The number of allylic oxidation sites excluding steroid dienone is 4. The normalized spacial score (nSPS) is 14.2. The van der Waals surface area contributed by atoms with Crippen molar-refractivity contribution >= 4 is 5.97 Å². The Bertz CT molecular complexity index is 361. The first-order valence-electron chi connectivity index (χ1n) is 9.90. The fourth-order valence-corrected chi connectivity index (χ4v) is 2.39. The third kappa shape index (κ3) is 17.5. The molecule has 0 aromatic rings. The van der Waals surface area contributed by atoms with E-state index in [1.54, 1.807) is 0 Å². The molecule has 0 aliphatic carbocycles. The number of aliphatic hydroxyl groups excluding tert-OH is 2. The van der Waals surface area contributed by atoms with Crippen molar-refractivity contribution in [1.82, 2.24) is 0 Å². The van der Waals surface area contributed by atoms with E-state index in [0.717, 1.165) is 38.5 Å². The highest BCUT2D eigenvalue weighted by Gasteiger charge is 2.16. The molecule has 0 bridgehead atoms. The number of hydrogen-bond donors (Lipinski definition) is 2. The number of rotatable bonds is 16. The zero-order chi connectivity index (χ0) is 18.8. The summed E-state index contributed by atoms with van der Waals surface area (Å²) in [7, 11) is 0. The Balaban J connectivity index is 3.43. The van der Waals surface area contributed by atoms with Gasteiger partial charge in [0, 0.05) is 0 Å². The first-order valence-corrected chi connectivity index (χ1v) is 9.90. The van der Waals surface area contributed by atoms with Crippen molar-refractivity contribution in [3.05, 3.63) is 24.3 Å². The topological polar surface area (TPSA) is 66.8 Å². The van der Waals surface area contributed by atoms with Crippen LogP contribution >= 0.6 is 0 Å². The van der Waals surface area contributed by atoms with E-state index in [1.807, 2.05) is 0 Å². The van der Waals surface area contributed by atoms with E-state index < -0.39 is 18.2 Å². The van der Waals surface area contributed by atoms with Gasteiger partial charge in [-0.15, -0.1) is 0 Å². The lowest BCUT2D eigenvalue weighted by atomic mass is 10.1. The van der Waals surface area contributed by atoms with Gasteiger partial charge < -0.3 is 14.9 Å². The molecular formula is C21H38O4. The monoisotopic (exact) mass is 354 g/mol. The lowest BCUT2D eigenvalue weighted by Crippen LogP contribution is -2.26. The van der Waals surface area contributed by atoms with Crippen molar-refractivity contribution < 1.29 is 19.7 Å². The summed E-state index contributed by atoms with van der Waals surface area (Å²) in [4.78, 5) is 11.4. The molecule has 0 rings (SSSR count). The summed E-state index contributed by atoms with van der Waals surface area (Å²) in [6.45, 7) is 3.70. The minimum Gasteiger partial charge on any atom is -0.461 e. The molecule has 0 aliphatic rings. The Hall–Kier alpha value is -1.13. The van der Waals surface area contributed by atoms with Crippen molar-refractivity contribution in [3.63, 3.8) is 0 Å². The standard InChI is InChI=1S/C21H38O4/c1-3-4-5-6-7-8-9-10-11-12-13-14-15-16-17-20(23)21(24)25-18-19(2)22/h7-8,10-11,19-20,22-23H,3-6,9,12-18H2,1-2H3/b8-7-,11-10-. The molecule has 146 valence electrons. The van der Waals surface area contributed by atoms with E-state index in [2.05, 4.69) is 31.2 Å². The van der Waals surface area contributed by atoms with Gasteiger partial charge >= 0.3 is 5.97 Å². The van der Waals surface area contributed by atoms with Crippen LogP contribution < -0.4 is 0 Å². The van der Waals surface area contributed by atoms with Crippen molar-refractivity contribution in [2.45, 2.75) is 96.7 Å². The summed E-state index contributed by atoms with van der Waals surface area (Å²) in [5, 5.41) is 18.7. The van der Waals surface area contributed by atoms with Crippen LogP contribution in [-0.4, -0.2) is 35.0 Å². The molecule has 4 heteroatoms. The third-order valence-corrected chi connectivity index (χ3v) is 3.92. The van der Waals surface area contributed by atoms with Gasteiger partial charge in [0.25, 0.3) is 0 Å². The maximum absolute atomic E-state index is 11.4. The van der Waals surface area contributed by atoms with Gasteiger partial charge in [-0.1, -0.05) is 63.3 Å². The fourth-order valence-electron chi connectivity index (χ4n) is 2.39. The molecule has 0 saturated heterocycles. The molecule has 0 spiro atoms. The van der Waals surface area contributed by atoms with Gasteiger partial charge in [0.1, 0.15) is 6.61 Å². The van der Waals surface area contributed by atoms with Crippen molar-refractivity contribution in [2.24, 2.45) is 0 Å². The van der Waals surface area contributed by atoms with Gasteiger partial charge in [-0.25, -0.2) is 4.79 Å². The molecule has 25 heavy (non-hydrogen) atoms. The van der Waals surface area contributed by atoms with Crippen LogP contribution in [0.1, 0.15) is 84.5 Å². The van der Waals surface area contributed by atoms with E-state index in [1.165, 1.54) is 32.6 Å². The Morgan fingerprint density at radius 1 is 0.920 bits per heavy atom. The van der Waals surface area contributed by atoms with Crippen molar-refractivity contribution in [2.75, 3.05) is 6.61 Å². The molecule has 2 atom stereocenters. The van der Waals surface area contributed by atoms with E-state index in [0.29, 0.717) is 6.42 Å². The van der Waals surface area contributed by atoms with Crippen LogP contribution in [-0.2, 0) is 9.53 Å². The molecule has 0 aliphatic heterocycles. The number of ether oxygens (including phenoxy) is 1. The smallest absolute Gasteiger partial charge is 0.335 e. The van der Waals surface area contributed by atoms with Crippen molar-refractivity contribution in [3.8, 4) is 0 Å². The van der Waals surface area contributed by atoms with Gasteiger partial charge in [0.15, 0.2) is 6.10 Å². The zero-order valence-electron chi connectivity index (χ0n) is 16.2. The molecule has 0 heterocycles. The molecular weight excluding hydrogens is 316 g/mol. The van der Waals surface area contributed by atoms with E-state index in [9.17, 15) is 9.90 Å². The minimum atomic E-state index is -1.07. The predicted molar refractivity (Wildman–Crippen MR) is 103 cm³/mol. The summed E-state index contributed by atoms with van der Waals surface area (Å²) < 4.78 is 4.78. The van der Waals surface area contributed by atoms with Gasteiger partial charge in [0.05, 0.1) is 6.10 Å². The average Bonchev–Trinajstić information content (AvgIpc) is 2.59. The summed E-state index contributed by atoms with van der Waals surface area (Å²) in [6.07, 6.45) is 18.9. The van der Waals surface area contributed by atoms with Gasteiger partial charge in [-0.05, 0) is 45.4 Å². The third-order valence-electron chi connectivity index (χ3n) is 3.92. The van der Waals surface area contributed by atoms with Gasteiger partial charge in [-0.2, -0.15) is 0 Å². The second-order valence-electron chi connectivity index (χ2n) is 6.66. The lowest BCUT2D eigenvalue weighted by Gasteiger charge is -2.11. The zero-order valence-corrected chi connectivity index (χ0v) is 16.2. The lowest BCUT2D eigenvalue weighted by molar-refractivity contribution is -0.156. The number of unbranched alkanes of at least 4 members (excludes halogenated alkanes) is 7. The predicted octanol–water partition coefficient (Wildman–Crippen LogP) is 4.69. The second kappa shape index (κ2) is 17.7. The highest BCUT2D eigenvalue weighted by molar-refractivity contribution is 5.74. The number of aliphatic hydroxyl groups is 2. The Kier molecular flexibility index (Phi) is 16.9. The van der Waals surface area contributed by atoms with Crippen LogP contribution in [0.2, 0.25) is 0 Å². The molecule has 0 aromatic carbocycles. The SMILES string of the molecule is CCCCC/C=C\C/C=C\CCCCCCC(O)C(=O)OCC(C)O.